The summed E-state index contributed by atoms with van der Waals surface area (Å²) in [5, 5.41) is 16.1. The molecule has 2 aromatic rings. The maximum absolute atomic E-state index is 9.07. The number of nitrogens with zero attached hydrogens (tertiary/aromatic N) is 4. The number of anilines is 1. The molecule has 1 aliphatic heterocycles. The Kier molecular flexibility index (Phi) is 3.79. The molecule has 0 aromatic carbocycles. The van der Waals surface area contributed by atoms with E-state index < -0.39 is 0 Å². The van der Waals surface area contributed by atoms with Crippen LogP contribution in [0.2, 0.25) is 0 Å². The molecule has 7 nitrogen and oxygen atoms in total. The zero-order chi connectivity index (χ0) is 14.7. The Morgan fingerprint density at radius 1 is 1.52 bits per heavy atom. The Balaban J connectivity index is 1.68. The van der Waals surface area contributed by atoms with Gasteiger partial charge in [-0.3, -0.25) is 4.98 Å². The lowest BCUT2D eigenvalue weighted by Crippen LogP contribution is -2.18. The minimum atomic E-state index is -0.194. The number of hydrogen-bond donors (Lipinski definition) is 1. The van der Waals surface area contributed by atoms with Crippen molar-refractivity contribution >= 4 is 5.69 Å². The molecule has 2 atom stereocenters. The summed E-state index contributed by atoms with van der Waals surface area (Å²) < 4.78 is 10.9. The largest absolute Gasteiger partial charge is 0.382 e. The highest BCUT2D eigenvalue weighted by Gasteiger charge is 2.33. The molecule has 1 saturated heterocycles. The van der Waals surface area contributed by atoms with Gasteiger partial charge in [-0.25, -0.2) is 0 Å². The third kappa shape index (κ3) is 2.85. The monoisotopic (exact) mass is 285 g/mol. The molecule has 0 bridgehead atoms. The van der Waals surface area contributed by atoms with Crippen LogP contribution in [0.1, 0.15) is 29.8 Å². The highest BCUT2D eigenvalue weighted by Crippen LogP contribution is 2.33. The lowest BCUT2D eigenvalue weighted by atomic mass is 10.0. The van der Waals surface area contributed by atoms with Crippen LogP contribution in [0.25, 0.3) is 0 Å². The van der Waals surface area contributed by atoms with E-state index in [1.807, 2.05) is 0 Å². The Morgan fingerprint density at radius 2 is 2.43 bits per heavy atom. The van der Waals surface area contributed by atoms with Gasteiger partial charge in [0.15, 0.2) is 5.82 Å². The van der Waals surface area contributed by atoms with Crippen molar-refractivity contribution in [2.75, 3.05) is 18.5 Å². The fraction of sp³-hybridized carbons (Fsp3) is 0.429. The number of nitrogens with one attached hydrogen (secondary N) is 1. The van der Waals surface area contributed by atoms with E-state index in [0.717, 1.165) is 12.1 Å². The summed E-state index contributed by atoms with van der Waals surface area (Å²) in [6.07, 6.45) is 3.97. The highest BCUT2D eigenvalue weighted by atomic mass is 16.5. The van der Waals surface area contributed by atoms with Crippen LogP contribution in [0, 0.1) is 24.2 Å². The first-order chi connectivity index (χ1) is 10.3. The van der Waals surface area contributed by atoms with Crippen LogP contribution in [0.5, 0.6) is 0 Å². The molecule has 1 fully saturated rings. The second kappa shape index (κ2) is 5.89. The third-order valence-electron chi connectivity index (χ3n) is 3.50. The van der Waals surface area contributed by atoms with E-state index in [4.69, 9.17) is 14.5 Å². The summed E-state index contributed by atoms with van der Waals surface area (Å²) in [6.45, 7) is 3.10. The van der Waals surface area contributed by atoms with Crippen LogP contribution >= 0.6 is 0 Å². The summed E-state index contributed by atoms with van der Waals surface area (Å²) in [6, 6.07) is 3.83. The Morgan fingerprint density at radius 3 is 3.19 bits per heavy atom. The van der Waals surface area contributed by atoms with Crippen molar-refractivity contribution in [2.24, 2.45) is 5.92 Å². The van der Waals surface area contributed by atoms with Crippen molar-refractivity contribution < 1.29 is 9.26 Å². The van der Waals surface area contributed by atoms with Gasteiger partial charge < -0.3 is 14.6 Å². The fourth-order valence-electron chi connectivity index (χ4n) is 2.42. The molecule has 0 amide bonds. The van der Waals surface area contributed by atoms with Crippen molar-refractivity contribution in [3.63, 3.8) is 0 Å². The predicted molar refractivity (Wildman–Crippen MR) is 73.3 cm³/mol. The Hall–Kier alpha value is -2.46. The maximum atomic E-state index is 9.07. The minimum absolute atomic E-state index is 0.194. The molecule has 0 saturated carbocycles. The average molecular weight is 285 g/mol. The predicted octanol–water partition coefficient (Wildman–Crippen LogP) is 1.83. The van der Waals surface area contributed by atoms with Gasteiger partial charge in [-0.05, 0) is 19.4 Å². The second-order valence-electron chi connectivity index (χ2n) is 4.93. The number of pyridine rings is 1. The van der Waals surface area contributed by atoms with Gasteiger partial charge in [0, 0.05) is 25.3 Å². The smallest absolute Gasteiger partial charge is 0.256 e. The van der Waals surface area contributed by atoms with Gasteiger partial charge in [-0.1, -0.05) is 5.16 Å². The summed E-state index contributed by atoms with van der Waals surface area (Å²) >= 11 is 0. The first kappa shape index (κ1) is 13.5. The van der Waals surface area contributed by atoms with Crippen LogP contribution in [0.15, 0.2) is 23.0 Å². The van der Waals surface area contributed by atoms with E-state index in [9.17, 15) is 0 Å². The molecule has 3 rings (SSSR count). The molecule has 7 heteroatoms. The second-order valence-corrected chi connectivity index (χ2v) is 4.93. The number of aryl methyl sites for hydroxylation is 1. The summed E-state index contributed by atoms with van der Waals surface area (Å²) in [5.41, 5.74) is 1.31. The molecule has 1 N–H and O–H groups in total. The number of nitriles is 1. The first-order valence-corrected chi connectivity index (χ1v) is 6.77. The number of ether oxygens (including phenoxy) is 1. The highest BCUT2D eigenvalue weighted by molar-refractivity contribution is 5.55. The van der Waals surface area contributed by atoms with Gasteiger partial charge in [-0.2, -0.15) is 10.2 Å². The van der Waals surface area contributed by atoms with Gasteiger partial charge >= 0.3 is 0 Å². The maximum Gasteiger partial charge on any atom is 0.256 e. The SMILES string of the molecule is Cc1noc([C@H]2OCC[C@H]2CNc2cnccc2C#N)n1. The van der Waals surface area contributed by atoms with Crippen LogP contribution in [0.4, 0.5) is 5.69 Å². The van der Waals surface area contributed by atoms with Gasteiger partial charge in [-0.15, -0.1) is 0 Å². The lowest BCUT2D eigenvalue weighted by Gasteiger charge is -2.16. The minimum Gasteiger partial charge on any atom is -0.382 e. The molecule has 21 heavy (non-hydrogen) atoms. The third-order valence-corrected chi connectivity index (χ3v) is 3.50. The van der Waals surface area contributed by atoms with Gasteiger partial charge in [0.2, 0.25) is 0 Å². The molecule has 0 spiro atoms. The van der Waals surface area contributed by atoms with E-state index in [0.29, 0.717) is 30.4 Å². The Bertz CT molecular complexity index is 663. The van der Waals surface area contributed by atoms with E-state index in [1.165, 1.54) is 0 Å². The average Bonchev–Trinajstić information content (AvgIpc) is 3.13. The zero-order valence-electron chi connectivity index (χ0n) is 11.6. The molecular weight excluding hydrogens is 270 g/mol. The van der Waals surface area contributed by atoms with E-state index >= 15 is 0 Å². The summed E-state index contributed by atoms with van der Waals surface area (Å²) in [5.74, 6) is 1.34. The van der Waals surface area contributed by atoms with Crippen molar-refractivity contribution in [1.82, 2.24) is 15.1 Å². The van der Waals surface area contributed by atoms with Crippen molar-refractivity contribution in [3.05, 3.63) is 35.7 Å². The van der Waals surface area contributed by atoms with Crippen LogP contribution < -0.4 is 5.32 Å². The Labute approximate surface area is 121 Å². The molecule has 0 aliphatic carbocycles. The number of hydrogen-bond acceptors (Lipinski definition) is 7. The van der Waals surface area contributed by atoms with Gasteiger partial charge in [0.05, 0.1) is 17.4 Å². The molecule has 2 aromatic heterocycles. The molecule has 1 aliphatic rings. The molecular formula is C14H15N5O2. The zero-order valence-corrected chi connectivity index (χ0v) is 11.6. The van der Waals surface area contributed by atoms with E-state index in [2.05, 4.69) is 26.5 Å². The van der Waals surface area contributed by atoms with Crippen molar-refractivity contribution in [3.8, 4) is 6.07 Å². The summed E-state index contributed by atoms with van der Waals surface area (Å²) in [4.78, 5) is 8.27. The first-order valence-electron chi connectivity index (χ1n) is 6.77. The summed E-state index contributed by atoms with van der Waals surface area (Å²) in [7, 11) is 0. The standard InChI is InChI=1S/C14H15N5O2/c1-9-18-14(21-19-9)13-11(3-5-20-13)7-17-12-8-16-4-2-10(12)6-15/h2,4,8,11,13,17H,3,5,7H2,1H3/t11-,13-/m0/s1. The molecule has 0 unspecified atom stereocenters. The molecule has 108 valence electrons. The molecule has 3 heterocycles. The number of aromatic nitrogens is 3. The van der Waals surface area contributed by atoms with E-state index in [1.54, 1.807) is 25.4 Å². The molecule has 0 radical (unpaired) electrons. The topological polar surface area (TPSA) is 96.9 Å². The number of rotatable bonds is 4. The normalized spacial score (nSPS) is 21.1. The lowest BCUT2D eigenvalue weighted by molar-refractivity contribution is 0.0650. The van der Waals surface area contributed by atoms with Crippen molar-refractivity contribution in [2.45, 2.75) is 19.4 Å². The van der Waals surface area contributed by atoms with Crippen LogP contribution in [0.3, 0.4) is 0 Å². The quantitative estimate of drug-likeness (QED) is 0.915. The van der Waals surface area contributed by atoms with Crippen molar-refractivity contribution in [1.29, 1.82) is 5.26 Å². The fourth-order valence-corrected chi connectivity index (χ4v) is 2.42. The van der Waals surface area contributed by atoms with E-state index in [-0.39, 0.29) is 12.0 Å². The van der Waals surface area contributed by atoms with Gasteiger partial charge in [0.25, 0.3) is 5.89 Å². The van der Waals surface area contributed by atoms with Crippen LogP contribution in [-0.2, 0) is 4.74 Å². The van der Waals surface area contributed by atoms with Gasteiger partial charge in [0.1, 0.15) is 12.2 Å². The van der Waals surface area contributed by atoms with Crippen LogP contribution in [-0.4, -0.2) is 28.3 Å².